The van der Waals surface area contributed by atoms with E-state index >= 15 is 0 Å². The van der Waals surface area contributed by atoms with E-state index in [1.165, 1.54) is 30.4 Å². The molecule has 0 bridgehead atoms. The highest BCUT2D eigenvalue weighted by atomic mass is 16.1. The average molecular weight is 258 g/mol. The van der Waals surface area contributed by atoms with Crippen LogP contribution in [0.3, 0.4) is 0 Å². The summed E-state index contributed by atoms with van der Waals surface area (Å²) in [5.74, 6) is 0.114. The van der Waals surface area contributed by atoms with E-state index in [0.717, 1.165) is 24.9 Å². The number of fused-ring (bicyclic) bond motifs is 1. The molecule has 0 aromatic heterocycles. The van der Waals surface area contributed by atoms with Crippen molar-refractivity contribution in [3.8, 4) is 0 Å². The molecule has 2 aliphatic carbocycles. The average Bonchev–Trinajstić information content (AvgIpc) is 2.81. The zero-order chi connectivity index (χ0) is 13.3. The summed E-state index contributed by atoms with van der Waals surface area (Å²) in [6.07, 6.45) is 7.54. The molecule has 1 aromatic carbocycles. The third kappa shape index (κ3) is 2.52. The van der Waals surface area contributed by atoms with Crippen molar-refractivity contribution < 1.29 is 4.79 Å². The Morgan fingerprint density at radius 3 is 2.68 bits per heavy atom. The van der Waals surface area contributed by atoms with Gasteiger partial charge in [0.05, 0.1) is 0 Å². The van der Waals surface area contributed by atoms with Crippen LogP contribution < -0.4 is 11.1 Å². The van der Waals surface area contributed by atoms with Crippen LogP contribution in [-0.2, 0) is 17.6 Å². The SMILES string of the molecule is NCC1(CC(=O)Nc2ccc3c(c2)CCC3)CCC1. The number of aryl methyl sites for hydroxylation is 2. The fourth-order valence-electron chi connectivity index (χ4n) is 3.33. The lowest BCUT2D eigenvalue weighted by molar-refractivity contribution is -0.119. The number of benzene rings is 1. The van der Waals surface area contributed by atoms with Crippen LogP contribution in [0.5, 0.6) is 0 Å². The fourth-order valence-corrected chi connectivity index (χ4v) is 3.33. The molecule has 102 valence electrons. The molecule has 0 unspecified atom stereocenters. The van der Waals surface area contributed by atoms with Gasteiger partial charge in [-0.05, 0) is 67.3 Å². The number of carbonyl (C=O) groups excluding carboxylic acids is 1. The van der Waals surface area contributed by atoms with Gasteiger partial charge in [0.25, 0.3) is 0 Å². The summed E-state index contributed by atoms with van der Waals surface area (Å²) in [4.78, 5) is 12.1. The van der Waals surface area contributed by atoms with Crippen LogP contribution in [0.1, 0.15) is 43.2 Å². The predicted molar refractivity (Wildman–Crippen MR) is 77.1 cm³/mol. The Hall–Kier alpha value is -1.35. The first-order valence-electron chi connectivity index (χ1n) is 7.33. The van der Waals surface area contributed by atoms with E-state index in [4.69, 9.17) is 5.73 Å². The van der Waals surface area contributed by atoms with Crippen molar-refractivity contribution in [2.75, 3.05) is 11.9 Å². The number of nitrogens with two attached hydrogens (primary N) is 1. The van der Waals surface area contributed by atoms with Crippen LogP contribution >= 0.6 is 0 Å². The molecule has 1 aromatic rings. The van der Waals surface area contributed by atoms with Gasteiger partial charge in [-0.3, -0.25) is 4.79 Å². The number of anilines is 1. The van der Waals surface area contributed by atoms with Gasteiger partial charge < -0.3 is 11.1 Å². The van der Waals surface area contributed by atoms with Gasteiger partial charge in [-0.2, -0.15) is 0 Å². The van der Waals surface area contributed by atoms with Gasteiger partial charge in [0.1, 0.15) is 0 Å². The highest BCUT2D eigenvalue weighted by molar-refractivity contribution is 5.91. The third-order valence-electron chi connectivity index (χ3n) is 4.77. The zero-order valence-electron chi connectivity index (χ0n) is 11.4. The second-order valence-corrected chi connectivity index (χ2v) is 6.12. The van der Waals surface area contributed by atoms with Gasteiger partial charge in [-0.25, -0.2) is 0 Å². The minimum absolute atomic E-state index is 0.0841. The van der Waals surface area contributed by atoms with Crippen LogP contribution in [0.2, 0.25) is 0 Å². The van der Waals surface area contributed by atoms with Crippen molar-refractivity contribution >= 4 is 11.6 Å². The smallest absolute Gasteiger partial charge is 0.224 e. The van der Waals surface area contributed by atoms with Gasteiger partial charge >= 0.3 is 0 Å². The molecule has 0 atom stereocenters. The van der Waals surface area contributed by atoms with Gasteiger partial charge in [0, 0.05) is 12.1 Å². The van der Waals surface area contributed by atoms with Crippen molar-refractivity contribution in [2.24, 2.45) is 11.1 Å². The molecule has 3 rings (SSSR count). The Morgan fingerprint density at radius 2 is 2.00 bits per heavy atom. The first-order chi connectivity index (χ1) is 9.21. The van der Waals surface area contributed by atoms with E-state index in [9.17, 15) is 4.79 Å². The summed E-state index contributed by atoms with van der Waals surface area (Å²) in [7, 11) is 0. The second-order valence-electron chi connectivity index (χ2n) is 6.12. The normalized spacial score (nSPS) is 19.6. The van der Waals surface area contributed by atoms with Gasteiger partial charge in [-0.1, -0.05) is 12.5 Å². The lowest BCUT2D eigenvalue weighted by Crippen LogP contribution is -2.40. The van der Waals surface area contributed by atoms with E-state index < -0.39 is 0 Å². The summed E-state index contributed by atoms with van der Waals surface area (Å²) in [6.45, 7) is 0.630. The maximum atomic E-state index is 12.1. The molecular formula is C16H22N2O. The van der Waals surface area contributed by atoms with Crippen molar-refractivity contribution in [3.05, 3.63) is 29.3 Å². The van der Waals surface area contributed by atoms with Crippen LogP contribution in [0.4, 0.5) is 5.69 Å². The molecule has 0 radical (unpaired) electrons. The number of nitrogens with one attached hydrogen (secondary N) is 1. The minimum Gasteiger partial charge on any atom is -0.330 e. The third-order valence-corrected chi connectivity index (χ3v) is 4.77. The molecule has 3 nitrogen and oxygen atoms in total. The molecule has 0 spiro atoms. The van der Waals surface area contributed by atoms with Gasteiger partial charge in [-0.15, -0.1) is 0 Å². The van der Waals surface area contributed by atoms with Crippen LogP contribution in [0, 0.1) is 5.41 Å². The van der Waals surface area contributed by atoms with Crippen molar-refractivity contribution in [3.63, 3.8) is 0 Å². The molecule has 0 saturated heterocycles. The van der Waals surface area contributed by atoms with E-state index in [2.05, 4.69) is 17.4 Å². The topological polar surface area (TPSA) is 55.1 Å². The Kier molecular flexibility index (Phi) is 3.31. The van der Waals surface area contributed by atoms with Crippen LogP contribution in [-0.4, -0.2) is 12.5 Å². The van der Waals surface area contributed by atoms with Crippen LogP contribution in [0.25, 0.3) is 0 Å². The molecule has 2 aliphatic rings. The molecular weight excluding hydrogens is 236 g/mol. The standard InChI is InChI=1S/C16H22N2O/c17-11-16(7-2-8-16)10-15(19)18-14-6-5-12-3-1-4-13(12)9-14/h5-6,9H,1-4,7-8,10-11,17H2,(H,18,19). The quantitative estimate of drug-likeness (QED) is 0.872. The largest absolute Gasteiger partial charge is 0.330 e. The first kappa shape index (κ1) is 12.7. The summed E-state index contributed by atoms with van der Waals surface area (Å²) in [6, 6.07) is 6.31. The van der Waals surface area contributed by atoms with Crippen molar-refractivity contribution in [1.82, 2.24) is 0 Å². The highest BCUT2D eigenvalue weighted by Gasteiger charge is 2.37. The Labute approximate surface area is 114 Å². The zero-order valence-corrected chi connectivity index (χ0v) is 11.4. The van der Waals surface area contributed by atoms with E-state index in [0.29, 0.717) is 13.0 Å². The molecule has 3 heteroatoms. The number of amides is 1. The summed E-state index contributed by atoms with van der Waals surface area (Å²) in [5, 5.41) is 3.04. The molecule has 0 heterocycles. The van der Waals surface area contributed by atoms with E-state index in [1.807, 2.05) is 6.07 Å². The molecule has 1 saturated carbocycles. The number of hydrogen-bond acceptors (Lipinski definition) is 2. The lowest BCUT2D eigenvalue weighted by atomic mass is 9.66. The molecule has 19 heavy (non-hydrogen) atoms. The monoisotopic (exact) mass is 258 g/mol. The van der Waals surface area contributed by atoms with Crippen molar-refractivity contribution in [2.45, 2.75) is 44.9 Å². The first-order valence-corrected chi connectivity index (χ1v) is 7.33. The molecule has 1 fully saturated rings. The Bertz CT molecular complexity index is 486. The minimum atomic E-state index is 0.0841. The lowest BCUT2D eigenvalue weighted by Gasteiger charge is -2.40. The van der Waals surface area contributed by atoms with Gasteiger partial charge in [0.15, 0.2) is 0 Å². The maximum absolute atomic E-state index is 12.1. The van der Waals surface area contributed by atoms with Gasteiger partial charge in [0.2, 0.25) is 5.91 Å². The van der Waals surface area contributed by atoms with E-state index in [1.54, 1.807) is 0 Å². The summed E-state index contributed by atoms with van der Waals surface area (Å²) >= 11 is 0. The predicted octanol–water partition coefficient (Wildman–Crippen LogP) is 2.63. The van der Waals surface area contributed by atoms with E-state index in [-0.39, 0.29) is 11.3 Å². The Morgan fingerprint density at radius 1 is 1.21 bits per heavy atom. The number of hydrogen-bond donors (Lipinski definition) is 2. The van der Waals surface area contributed by atoms with Crippen molar-refractivity contribution in [1.29, 1.82) is 0 Å². The fraction of sp³-hybridized carbons (Fsp3) is 0.562. The second kappa shape index (κ2) is 4.97. The molecule has 3 N–H and O–H groups in total. The summed E-state index contributed by atoms with van der Waals surface area (Å²) in [5.41, 5.74) is 9.67. The number of carbonyl (C=O) groups is 1. The maximum Gasteiger partial charge on any atom is 0.224 e. The molecule has 1 amide bonds. The Balaban J connectivity index is 1.63. The summed E-state index contributed by atoms with van der Waals surface area (Å²) < 4.78 is 0. The highest BCUT2D eigenvalue weighted by Crippen LogP contribution is 2.43. The molecule has 0 aliphatic heterocycles. The number of rotatable bonds is 4. The van der Waals surface area contributed by atoms with Crippen LogP contribution in [0.15, 0.2) is 18.2 Å².